The molecule has 0 bridgehead atoms. The van der Waals surface area contributed by atoms with Crippen LogP contribution in [0.25, 0.3) is 17.2 Å². The van der Waals surface area contributed by atoms with Gasteiger partial charge >= 0.3 is 0 Å². The summed E-state index contributed by atoms with van der Waals surface area (Å²) in [5, 5.41) is 11.0. The minimum Gasteiger partial charge on any atom is -0.310 e. The van der Waals surface area contributed by atoms with Gasteiger partial charge in [-0.05, 0) is 57.7 Å². The van der Waals surface area contributed by atoms with Crippen LogP contribution in [0.1, 0.15) is 54.6 Å². The number of carbonyl (C=O) groups is 1. The van der Waals surface area contributed by atoms with Crippen LogP contribution >= 0.6 is 0 Å². The van der Waals surface area contributed by atoms with E-state index in [1.54, 1.807) is 24.7 Å². The lowest BCUT2D eigenvalue weighted by atomic mass is 10.0. The Bertz CT molecular complexity index is 1270. The highest BCUT2D eigenvalue weighted by atomic mass is 16.1. The first-order chi connectivity index (χ1) is 15.6. The largest absolute Gasteiger partial charge is 0.310 e. The predicted octanol–water partition coefficient (Wildman–Crippen LogP) is 3.63. The van der Waals surface area contributed by atoms with Crippen LogP contribution in [0.3, 0.4) is 0 Å². The predicted molar refractivity (Wildman–Crippen MR) is 120 cm³/mol. The molecule has 1 aliphatic rings. The number of hydrogen-bond donors (Lipinski definition) is 1. The molecule has 1 amide bonds. The third-order valence-corrected chi connectivity index (χ3v) is 5.63. The Hall–Kier alpha value is -3.88. The molecule has 4 aromatic heterocycles. The lowest BCUT2D eigenvalue weighted by Gasteiger charge is -2.14. The number of pyridine rings is 2. The lowest BCUT2D eigenvalue weighted by molar-refractivity contribution is 0.102. The summed E-state index contributed by atoms with van der Waals surface area (Å²) in [6, 6.07) is 9.24. The van der Waals surface area contributed by atoms with Crippen LogP contribution in [0.2, 0.25) is 0 Å². The molecule has 1 aliphatic carbocycles. The Morgan fingerprint density at radius 1 is 1.09 bits per heavy atom. The van der Waals surface area contributed by atoms with Gasteiger partial charge < -0.3 is 14.5 Å². The molecule has 0 spiro atoms. The molecule has 1 N–H and O–H groups in total. The van der Waals surface area contributed by atoms with Crippen molar-refractivity contribution < 1.29 is 4.79 Å². The van der Waals surface area contributed by atoms with Gasteiger partial charge in [-0.1, -0.05) is 6.07 Å². The Kier molecular flexibility index (Phi) is 5.22. The standard InChI is InChI=1S/C23H24N8O/c1-15(2)30-14-26-29-22(30)18-7-5-8-19(27-18)23(32)28-21-12-16(10-11-24-21)31-13-25-17-6-3-4-9-20(17)31/h5,7-8,10-15H,3-4,6,9H2,1-2H3,(H,24,28,32). The Balaban J connectivity index is 1.39. The summed E-state index contributed by atoms with van der Waals surface area (Å²) < 4.78 is 4.00. The van der Waals surface area contributed by atoms with Crippen LogP contribution in [0.4, 0.5) is 5.82 Å². The monoisotopic (exact) mass is 428 g/mol. The van der Waals surface area contributed by atoms with Crippen molar-refractivity contribution >= 4 is 11.7 Å². The summed E-state index contributed by atoms with van der Waals surface area (Å²) in [6.45, 7) is 4.08. The molecule has 0 radical (unpaired) electrons. The first-order valence-corrected chi connectivity index (χ1v) is 10.8. The first kappa shape index (κ1) is 20.0. The maximum absolute atomic E-state index is 12.9. The number of fused-ring (bicyclic) bond motifs is 1. The Morgan fingerprint density at radius 3 is 2.84 bits per heavy atom. The van der Waals surface area contributed by atoms with Crippen LogP contribution in [-0.2, 0) is 12.8 Å². The second kappa shape index (κ2) is 8.33. The number of imidazole rings is 1. The van der Waals surface area contributed by atoms with Crippen molar-refractivity contribution in [3.05, 3.63) is 66.3 Å². The zero-order chi connectivity index (χ0) is 22.1. The molecule has 0 aromatic carbocycles. The minimum absolute atomic E-state index is 0.181. The van der Waals surface area contributed by atoms with Crippen molar-refractivity contribution in [3.8, 4) is 17.2 Å². The SMILES string of the molecule is CC(C)n1cnnc1-c1cccc(C(=O)Nc2cc(-n3cnc4c3CCCC4)ccn2)n1. The molecule has 4 heterocycles. The highest BCUT2D eigenvalue weighted by Crippen LogP contribution is 2.24. The van der Waals surface area contributed by atoms with E-state index < -0.39 is 0 Å². The van der Waals surface area contributed by atoms with Gasteiger partial charge in [0.05, 0.1) is 17.7 Å². The van der Waals surface area contributed by atoms with E-state index in [2.05, 4.69) is 35.0 Å². The van der Waals surface area contributed by atoms with Gasteiger partial charge in [-0.3, -0.25) is 4.79 Å². The Labute approximate surface area is 185 Å². The molecule has 5 rings (SSSR count). The summed E-state index contributed by atoms with van der Waals surface area (Å²) >= 11 is 0. The van der Waals surface area contributed by atoms with Crippen molar-refractivity contribution in [1.82, 2.24) is 34.3 Å². The molecule has 162 valence electrons. The van der Waals surface area contributed by atoms with Crippen molar-refractivity contribution in [2.45, 2.75) is 45.6 Å². The van der Waals surface area contributed by atoms with Gasteiger partial charge in [0, 0.05) is 24.0 Å². The van der Waals surface area contributed by atoms with E-state index in [1.807, 2.05) is 42.9 Å². The normalized spacial score (nSPS) is 13.2. The molecule has 0 saturated heterocycles. The van der Waals surface area contributed by atoms with Crippen LogP contribution in [0.5, 0.6) is 0 Å². The van der Waals surface area contributed by atoms with Gasteiger partial charge in [0.2, 0.25) is 0 Å². The molecule has 32 heavy (non-hydrogen) atoms. The van der Waals surface area contributed by atoms with E-state index in [0.29, 0.717) is 17.3 Å². The quantitative estimate of drug-likeness (QED) is 0.521. The average molecular weight is 429 g/mol. The topological polar surface area (TPSA) is 103 Å². The molecule has 9 heteroatoms. The fraction of sp³-hybridized carbons (Fsp3) is 0.304. The number of anilines is 1. The zero-order valence-corrected chi connectivity index (χ0v) is 18.1. The fourth-order valence-electron chi connectivity index (χ4n) is 4.00. The highest BCUT2D eigenvalue weighted by molar-refractivity contribution is 6.02. The average Bonchev–Trinajstić information content (AvgIpc) is 3.47. The van der Waals surface area contributed by atoms with Crippen molar-refractivity contribution in [2.24, 2.45) is 0 Å². The molecular weight excluding hydrogens is 404 g/mol. The number of aromatic nitrogens is 7. The van der Waals surface area contributed by atoms with Gasteiger partial charge in [0.15, 0.2) is 5.82 Å². The van der Waals surface area contributed by atoms with E-state index in [0.717, 1.165) is 24.2 Å². The van der Waals surface area contributed by atoms with Crippen LogP contribution in [0, 0.1) is 0 Å². The molecule has 0 fully saturated rings. The van der Waals surface area contributed by atoms with E-state index >= 15 is 0 Å². The summed E-state index contributed by atoms with van der Waals surface area (Å²) in [5.41, 5.74) is 4.21. The van der Waals surface area contributed by atoms with E-state index in [9.17, 15) is 4.79 Å². The molecule has 9 nitrogen and oxygen atoms in total. The molecular formula is C23H24N8O. The molecule has 0 atom stereocenters. The van der Waals surface area contributed by atoms with E-state index in [1.165, 1.54) is 18.5 Å². The number of nitrogens with zero attached hydrogens (tertiary/aromatic N) is 7. The number of rotatable bonds is 5. The van der Waals surface area contributed by atoms with E-state index in [-0.39, 0.29) is 17.6 Å². The van der Waals surface area contributed by atoms with Crippen LogP contribution in [0.15, 0.2) is 49.2 Å². The smallest absolute Gasteiger partial charge is 0.275 e. The number of hydrogen-bond acceptors (Lipinski definition) is 6. The summed E-state index contributed by atoms with van der Waals surface area (Å²) in [6.07, 6.45) is 9.59. The van der Waals surface area contributed by atoms with Gasteiger partial charge in [0.25, 0.3) is 5.91 Å². The Morgan fingerprint density at radius 2 is 1.97 bits per heavy atom. The highest BCUT2D eigenvalue weighted by Gasteiger charge is 2.18. The van der Waals surface area contributed by atoms with Crippen molar-refractivity contribution in [1.29, 1.82) is 0 Å². The third kappa shape index (κ3) is 3.77. The van der Waals surface area contributed by atoms with Crippen LogP contribution < -0.4 is 5.32 Å². The number of amides is 1. The third-order valence-electron chi connectivity index (χ3n) is 5.63. The molecule has 0 unspecified atom stereocenters. The number of aryl methyl sites for hydroxylation is 1. The van der Waals surface area contributed by atoms with Crippen molar-refractivity contribution in [3.63, 3.8) is 0 Å². The van der Waals surface area contributed by atoms with Crippen LogP contribution in [-0.4, -0.2) is 40.2 Å². The maximum atomic E-state index is 12.9. The molecule has 0 aliphatic heterocycles. The maximum Gasteiger partial charge on any atom is 0.275 e. The summed E-state index contributed by atoms with van der Waals surface area (Å²) in [7, 11) is 0. The molecule has 4 aromatic rings. The van der Waals surface area contributed by atoms with E-state index in [4.69, 9.17) is 0 Å². The number of carbonyl (C=O) groups excluding carboxylic acids is 1. The van der Waals surface area contributed by atoms with Crippen molar-refractivity contribution in [2.75, 3.05) is 5.32 Å². The first-order valence-electron chi connectivity index (χ1n) is 10.8. The zero-order valence-electron chi connectivity index (χ0n) is 18.1. The second-order valence-corrected chi connectivity index (χ2v) is 8.13. The molecule has 0 saturated carbocycles. The van der Waals surface area contributed by atoms with Gasteiger partial charge in [0.1, 0.15) is 23.5 Å². The summed E-state index contributed by atoms with van der Waals surface area (Å²) in [5.74, 6) is 0.753. The number of nitrogens with one attached hydrogen (secondary N) is 1. The van der Waals surface area contributed by atoms with Gasteiger partial charge in [-0.15, -0.1) is 10.2 Å². The second-order valence-electron chi connectivity index (χ2n) is 8.13. The lowest BCUT2D eigenvalue weighted by Crippen LogP contribution is -2.15. The fourth-order valence-corrected chi connectivity index (χ4v) is 4.00. The summed E-state index contributed by atoms with van der Waals surface area (Å²) in [4.78, 5) is 26.3. The van der Waals surface area contributed by atoms with Gasteiger partial charge in [-0.2, -0.15) is 0 Å². The van der Waals surface area contributed by atoms with Gasteiger partial charge in [-0.25, -0.2) is 15.0 Å². The minimum atomic E-state index is -0.334.